The Bertz CT molecular complexity index is 768. The predicted molar refractivity (Wildman–Crippen MR) is 91.6 cm³/mol. The molecule has 1 unspecified atom stereocenters. The van der Waals surface area contributed by atoms with E-state index in [1.54, 1.807) is 36.7 Å². The minimum atomic E-state index is -0.562. The molecule has 2 aliphatic rings. The van der Waals surface area contributed by atoms with Gasteiger partial charge in [0.25, 0.3) is 0 Å². The molecule has 3 rings (SSSR count). The number of nitrogens with zero attached hydrogens (tertiary/aromatic N) is 3. The Morgan fingerprint density at radius 3 is 2.80 bits per heavy atom. The van der Waals surface area contributed by atoms with Crippen LogP contribution in [0.15, 0.2) is 53.8 Å². The van der Waals surface area contributed by atoms with E-state index in [-0.39, 0.29) is 24.8 Å². The zero-order valence-electron chi connectivity index (χ0n) is 13.6. The van der Waals surface area contributed by atoms with E-state index < -0.39 is 11.9 Å². The molecule has 1 aromatic rings. The van der Waals surface area contributed by atoms with Gasteiger partial charge in [0.15, 0.2) is 0 Å². The second-order valence-electron chi connectivity index (χ2n) is 5.77. The van der Waals surface area contributed by atoms with Crippen LogP contribution < -0.4 is 5.32 Å². The Labute approximate surface area is 145 Å². The van der Waals surface area contributed by atoms with Gasteiger partial charge < -0.3 is 5.32 Å². The van der Waals surface area contributed by atoms with Crippen molar-refractivity contribution in [2.75, 3.05) is 6.54 Å². The molecular formula is C18H18N4O3. The van der Waals surface area contributed by atoms with Crippen LogP contribution in [0.25, 0.3) is 0 Å². The monoisotopic (exact) mass is 338 g/mol. The maximum Gasteiger partial charge on any atom is 0.350 e. The Morgan fingerprint density at radius 2 is 2.00 bits per heavy atom. The number of urea groups is 1. The minimum Gasteiger partial charge on any atom is -0.352 e. The highest BCUT2D eigenvalue weighted by Gasteiger charge is 2.35. The summed E-state index contributed by atoms with van der Waals surface area (Å²) in [5.74, 6) is -0.908. The summed E-state index contributed by atoms with van der Waals surface area (Å²) in [4.78, 5) is 45.3. The first-order valence-corrected chi connectivity index (χ1v) is 8.09. The highest BCUT2D eigenvalue weighted by atomic mass is 16.2. The summed E-state index contributed by atoms with van der Waals surface area (Å²) in [5.41, 5.74) is 1.44. The number of aromatic nitrogens is 1. The number of imide groups is 1. The smallest absolute Gasteiger partial charge is 0.350 e. The number of hydrogen-bond donors (Lipinski definition) is 1. The first kappa shape index (κ1) is 16.8. The van der Waals surface area contributed by atoms with E-state index in [9.17, 15) is 14.4 Å². The van der Waals surface area contributed by atoms with Gasteiger partial charge in [-0.2, -0.15) is 4.99 Å². The molecule has 0 saturated heterocycles. The van der Waals surface area contributed by atoms with Gasteiger partial charge in [0.05, 0.1) is 11.6 Å². The van der Waals surface area contributed by atoms with Crippen LogP contribution >= 0.6 is 0 Å². The van der Waals surface area contributed by atoms with Gasteiger partial charge in [-0.3, -0.25) is 19.5 Å². The van der Waals surface area contributed by atoms with Crippen molar-refractivity contribution in [2.24, 2.45) is 10.9 Å². The van der Waals surface area contributed by atoms with Crippen LogP contribution in [0.2, 0.25) is 0 Å². The lowest BCUT2D eigenvalue weighted by molar-refractivity contribution is -0.130. The van der Waals surface area contributed by atoms with Gasteiger partial charge in [-0.1, -0.05) is 18.2 Å². The highest BCUT2D eigenvalue weighted by Crippen LogP contribution is 2.19. The quantitative estimate of drug-likeness (QED) is 0.853. The van der Waals surface area contributed by atoms with Crippen molar-refractivity contribution in [3.63, 3.8) is 0 Å². The molecule has 1 aromatic heterocycles. The van der Waals surface area contributed by atoms with Crippen LogP contribution in [0.1, 0.15) is 18.4 Å². The summed E-state index contributed by atoms with van der Waals surface area (Å²) >= 11 is 0. The largest absolute Gasteiger partial charge is 0.352 e. The fraction of sp³-hybridized carbons (Fsp3) is 0.278. The average Bonchev–Trinajstić information content (AvgIpc) is 2.63. The molecule has 0 spiro atoms. The van der Waals surface area contributed by atoms with Crippen LogP contribution in [-0.4, -0.2) is 40.0 Å². The first-order chi connectivity index (χ1) is 12.1. The van der Waals surface area contributed by atoms with Crippen molar-refractivity contribution in [2.45, 2.75) is 19.4 Å². The van der Waals surface area contributed by atoms with Crippen molar-refractivity contribution < 1.29 is 14.4 Å². The van der Waals surface area contributed by atoms with Gasteiger partial charge in [-0.05, 0) is 30.2 Å². The first-order valence-electron chi connectivity index (χ1n) is 8.09. The standard InChI is InChI=1S/C18H18N4O3/c23-16(20-12-13-7-9-19-10-8-13)6-3-11-22-17(24)14-4-1-2-5-15(14)21-18(22)25/h1-2,4-5,7-10,14H,3,6,11-12H2,(H,20,23). The SMILES string of the molecule is O=C(CCCN1C(=O)N=C2C=CC=CC2C1=O)NCc1ccncc1. The number of rotatable bonds is 6. The number of fused-ring (bicyclic) bond motifs is 1. The molecular weight excluding hydrogens is 320 g/mol. The molecule has 4 amide bonds. The van der Waals surface area contributed by atoms with E-state index in [1.807, 2.05) is 12.1 Å². The Balaban J connectivity index is 1.47. The van der Waals surface area contributed by atoms with Crippen LogP contribution in [0.3, 0.4) is 0 Å². The van der Waals surface area contributed by atoms with Gasteiger partial charge in [0.1, 0.15) is 0 Å². The molecule has 25 heavy (non-hydrogen) atoms. The van der Waals surface area contributed by atoms with Crippen molar-refractivity contribution in [1.29, 1.82) is 0 Å². The molecule has 1 atom stereocenters. The molecule has 7 nitrogen and oxygen atoms in total. The van der Waals surface area contributed by atoms with Crippen molar-refractivity contribution in [3.05, 3.63) is 54.4 Å². The molecule has 128 valence electrons. The Morgan fingerprint density at radius 1 is 1.20 bits per heavy atom. The third kappa shape index (κ3) is 4.06. The minimum absolute atomic E-state index is 0.126. The molecule has 1 N–H and O–H groups in total. The molecule has 0 aromatic carbocycles. The summed E-state index contributed by atoms with van der Waals surface area (Å²) in [6.07, 6.45) is 10.9. The van der Waals surface area contributed by atoms with Gasteiger partial charge in [0.2, 0.25) is 11.8 Å². The van der Waals surface area contributed by atoms with Crippen LogP contribution in [-0.2, 0) is 16.1 Å². The summed E-state index contributed by atoms with van der Waals surface area (Å²) < 4.78 is 0. The van der Waals surface area contributed by atoms with Crippen molar-refractivity contribution >= 4 is 23.6 Å². The summed E-state index contributed by atoms with van der Waals surface area (Å²) in [5, 5.41) is 2.80. The van der Waals surface area contributed by atoms with Gasteiger partial charge in [0, 0.05) is 31.9 Å². The van der Waals surface area contributed by atoms with Gasteiger partial charge in [-0.15, -0.1) is 0 Å². The van der Waals surface area contributed by atoms with Crippen molar-refractivity contribution in [3.8, 4) is 0 Å². The number of carbonyl (C=O) groups excluding carboxylic acids is 3. The molecule has 0 saturated carbocycles. The molecule has 2 heterocycles. The second-order valence-corrected chi connectivity index (χ2v) is 5.77. The maximum absolute atomic E-state index is 12.4. The van der Waals surface area contributed by atoms with E-state index in [0.29, 0.717) is 18.7 Å². The fourth-order valence-corrected chi connectivity index (χ4v) is 2.67. The normalized spacial score (nSPS) is 18.8. The molecule has 7 heteroatoms. The lowest BCUT2D eigenvalue weighted by Crippen LogP contribution is -2.46. The Hall–Kier alpha value is -3.09. The van der Waals surface area contributed by atoms with Crippen LogP contribution in [0, 0.1) is 5.92 Å². The zero-order valence-corrected chi connectivity index (χ0v) is 13.6. The number of aliphatic imine (C=N–C) groups is 1. The maximum atomic E-state index is 12.4. The summed E-state index contributed by atoms with van der Waals surface area (Å²) in [6, 6.07) is 3.09. The summed E-state index contributed by atoms with van der Waals surface area (Å²) in [6.45, 7) is 0.612. The summed E-state index contributed by atoms with van der Waals surface area (Å²) in [7, 11) is 0. The lowest BCUT2D eigenvalue weighted by Gasteiger charge is -2.28. The number of allylic oxidation sites excluding steroid dienone is 3. The van der Waals surface area contributed by atoms with Crippen LogP contribution in [0.4, 0.5) is 4.79 Å². The number of nitrogens with one attached hydrogen (secondary N) is 1. The molecule has 0 bridgehead atoms. The highest BCUT2D eigenvalue weighted by molar-refractivity contribution is 6.21. The predicted octanol–water partition coefficient (Wildman–Crippen LogP) is 1.62. The third-order valence-corrected chi connectivity index (χ3v) is 4.01. The number of hydrogen-bond acceptors (Lipinski definition) is 4. The molecule has 0 fully saturated rings. The molecule has 1 aliphatic carbocycles. The molecule has 0 radical (unpaired) electrons. The topological polar surface area (TPSA) is 91.7 Å². The second kappa shape index (κ2) is 7.65. The van der Waals surface area contributed by atoms with E-state index in [4.69, 9.17) is 0 Å². The average molecular weight is 338 g/mol. The van der Waals surface area contributed by atoms with Gasteiger partial charge >= 0.3 is 6.03 Å². The van der Waals surface area contributed by atoms with E-state index in [2.05, 4.69) is 15.3 Å². The van der Waals surface area contributed by atoms with Crippen molar-refractivity contribution in [1.82, 2.24) is 15.2 Å². The van der Waals surface area contributed by atoms with E-state index in [0.717, 1.165) is 10.5 Å². The number of carbonyl (C=O) groups is 3. The van der Waals surface area contributed by atoms with E-state index >= 15 is 0 Å². The molecule has 1 aliphatic heterocycles. The van der Waals surface area contributed by atoms with Gasteiger partial charge in [-0.25, -0.2) is 4.79 Å². The zero-order chi connectivity index (χ0) is 17.6. The third-order valence-electron chi connectivity index (χ3n) is 4.01. The number of amides is 4. The number of pyridine rings is 1. The fourth-order valence-electron chi connectivity index (χ4n) is 2.67. The van der Waals surface area contributed by atoms with Crippen LogP contribution in [0.5, 0.6) is 0 Å². The lowest BCUT2D eigenvalue weighted by atomic mass is 9.95. The van der Waals surface area contributed by atoms with E-state index in [1.165, 1.54) is 0 Å². The Kier molecular flexibility index (Phi) is 5.13.